The van der Waals surface area contributed by atoms with E-state index in [0.29, 0.717) is 11.7 Å². The van der Waals surface area contributed by atoms with Gasteiger partial charge in [-0.3, -0.25) is 4.79 Å². The number of thiophene rings is 1. The van der Waals surface area contributed by atoms with Crippen LogP contribution in [-0.4, -0.2) is 18.7 Å². The summed E-state index contributed by atoms with van der Waals surface area (Å²) >= 11 is 5.04. The Bertz CT molecular complexity index is 654. The molecule has 1 aromatic heterocycles. The molecule has 1 amide bonds. The molecule has 2 rings (SSSR count). The normalized spacial score (nSPS) is 11.1. The molecule has 0 saturated carbocycles. The maximum absolute atomic E-state index is 11.7. The van der Waals surface area contributed by atoms with Gasteiger partial charge < -0.3 is 4.74 Å². The molecule has 0 saturated heterocycles. The van der Waals surface area contributed by atoms with Gasteiger partial charge in [-0.05, 0) is 56.4 Å². The summed E-state index contributed by atoms with van der Waals surface area (Å²) in [4.78, 5) is 11.7. The maximum Gasteiger partial charge on any atom is 0.277 e. The Morgan fingerprint density at radius 3 is 2.91 bits per heavy atom. The minimum atomic E-state index is -0.300. The van der Waals surface area contributed by atoms with Crippen LogP contribution in [0.1, 0.15) is 30.9 Å². The lowest BCUT2D eigenvalue weighted by Gasteiger charge is -2.10. The minimum absolute atomic E-state index is 0.0827. The van der Waals surface area contributed by atoms with E-state index < -0.39 is 0 Å². The predicted molar refractivity (Wildman–Crippen MR) is 93.8 cm³/mol. The summed E-state index contributed by atoms with van der Waals surface area (Å²) in [5.74, 6) is 0.785. The maximum atomic E-state index is 11.7. The standard InChI is InChI=1S/C16H17BrN2O2S/c1-11(2)13-3-4-15(14(17)7-13)21-9-16(20)19-18-8-12-5-6-22-10-12/h3-8,10-11H,9H2,1-2H3,(H,19,20). The van der Waals surface area contributed by atoms with Gasteiger partial charge in [0.15, 0.2) is 6.61 Å². The molecule has 1 heterocycles. The van der Waals surface area contributed by atoms with Crippen molar-refractivity contribution in [2.24, 2.45) is 5.10 Å². The van der Waals surface area contributed by atoms with Crippen LogP contribution in [-0.2, 0) is 4.79 Å². The van der Waals surface area contributed by atoms with Crippen molar-refractivity contribution in [1.29, 1.82) is 0 Å². The molecule has 6 heteroatoms. The monoisotopic (exact) mass is 380 g/mol. The van der Waals surface area contributed by atoms with Gasteiger partial charge in [0, 0.05) is 5.56 Å². The van der Waals surface area contributed by atoms with Crippen LogP contribution in [0.4, 0.5) is 0 Å². The molecule has 0 atom stereocenters. The van der Waals surface area contributed by atoms with E-state index in [1.807, 2.05) is 35.0 Å². The van der Waals surface area contributed by atoms with Crippen LogP contribution in [0.15, 0.2) is 44.6 Å². The molecule has 1 N–H and O–H groups in total. The van der Waals surface area contributed by atoms with Crippen molar-refractivity contribution in [3.05, 3.63) is 50.6 Å². The third kappa shape index (κ3) is 4.96. The molecule has 0 radical (unpaired) electrons. The second kappa shape index (κ2) is 8.10. The van der Waals surface area contributed by atoms with Gasteiger partial charge in [-0.2, -0.15) is 16.4 Å². The smallest absolute Gasteiger partial charge is 0.277 e. The number of halogens is 1. The van der Waals surface area contributed by atoms with Gasteiger partial charge >= 0.3 is 0 Å². The van der Waals surface area contributed by atoms with E-state index in [4.69, 9.17) is 4.74 Å². The van der Waals surface area contributed by atoms with Crippen molar-refractivity contribution in [3.8, 4) is 5.75 Å². The highest BCUT2D eigenvalue weighted by atomic mass is 79.9. The molecule has 0 spiro atoms. The second-order valence-electron chi connectivity index (χ2n) is 4.98. The van der Waals surface area contributed by atoms with E-state index in [-0.39, 0.29) is 12.5 Å². The zero-order valence-corrected chi connectivity index (χ0v) is 14.8. The van der Waals surface area contributed by atoms with Gasteiger partial charge in [0.05, 0.1) is 10.7 Å². The van der Waals surface area contributed by atoms with Crippen molar-refractivity contribution in [2.45, 2.75) is 19.8 Å². The van der Waals surface area contributed by atoms with Crippen LogP contribution in [0.5, 0.6) is 5.75 Å². The van der Waals surface area contributed by atoms with Gasteiger partial charge in [0.1, 0.15) is 5.75 Å². The zero-order chi connectivity index (χ0) is 15.9. The lowest BCUT2D eigenvalue weighted by atomic mass is 10.0. The van der Waals surface area contributed by atoms with Gasteiger partial charge in [0.25, 0.3) is 5.91 Å². The Labute approximate surface area is 142 Å². The topological polar surface area (TPSA) is 50.7 Å². The van der Waals surface area contributed by atoms with Crippen molar-refractivity contribution in [3.63, 3.8) is 0 Å². The van der Waals surface area contributed by atoms with Crippen LogP contribution < -0.4 is 10.2 Å². The Balaban J connectivity index is 1.83. The first-order chi connectivity index (χ1) is 10.6. The summed E-state index contributed by atoms with van der Waals surface area (Å²) in [6.45, 7) is 4.17. The molecule has 0 fully saturated rings. The number of ether oxygens (including phenoxy) is 1. The predicted octanol–water partition coefficient (Wildman–Crippen LogP) is 4.16. The van der Waals surface area contributed by atoms with Gasteiger partial charge in [0.2, 0.25) is 0 Å². The second-order valence-corrected chi connectivity index (χ2v) is 6.62. The summed E-state index contributed by atoms with van der Waals surface area (Å²) in [6, 6.07) is 7.79. The summed E-state index contributed by atoms with van der Waals surface area (Å²) in [6.07, 6.45) is 1.60. The Kier molecular flexibility index (Phi) is 6.15. The lowest BCUT2D eigenvalue weighted by molar-refractivity contribution is -0.123. The number of hydrazone groups is 1. The lowest BCUT2D eigenvalue weighted by Crippen LogP contribution is -2.24. The van der Waals surface area contributed by atoms with Crippen LogP contribution in [0.3, 0.4) is 0 Å². The molecule has 0 aliphatic heterocycles. The summed E-state index contributed by atoms with van der Waals surface area (Å²) in [7, 11) is 0. The highest BCUT2D eigenvalue weighted by molar-refractivity contribution is 9.10. The number of nitrogens with zero attached hydrogens (tertiary/aromatic N) is 1. The number of carbonyl (C=O) groups excluding carboxylic acids is 1. The number of nitrogens with one attached hydrogen (secondary N) is 1. The zero-order valence-electron chi connectivity index (χ0n) is 12.4. The molecule has 116 valence electrons. The molecule has 4 nitrogen and oxygen atoms in total. The van der Waals surface area contributed by atoms with Crippen molar-refractivity contribution < 1.29 is 9.53 Å². The molecule has 0 aliphatic rings. The van der Waals surface area contributed by atoms with Crippen LogP contribution >= 0.6 is 27.3 Å². The molecular formula is C16H17BrN2O2S. The molecule has 0 bridgehead atoms. The highest BCUT2D eigenvalue weighted by Gasteiger charge is 2.07. The molecule has 0 aliphatic carbocycles. The first-order valence-electron chi connectivity index (χ1n) is 6.82. The molecule has 0 unspecified atom stereocenters. The van der Waals surface area contributed by atoms with E-state index in [9.17, 15) is 4.79 Å². The SMILES string of the molecule is CC(C)c1ccc(OCC(=O)NN=Cc2ccsc2)c(Br)c1. The van der Waals surface area contributed by atoms with E-state index in [0.717, 1.165) is 10.0 Å². The number of amides is 1. The van der Waals surface area contributed by atoms with Crippen molar-refractivity contribution in [1.82, 2.24) is 5.43 Å². The fourth-order valence-corrected chi connectivity index (χ4v) is 2.82. The Morgan fingerprint density at radius 1 is 1.45 bits per heavy atom. The van der Waals surface area contributed by atoms with E-state index in [1.54, 1.807) is 17.6 Å². The van der Waals surface area contributed by atoms with Crippen LogP contribution in [0.2, 0.25) is 0 Å². The fraction of sp³-hybridized carbons (Fsp3) is 0.250. The third-order valence-electron chi connectivity index (χ3n) is 2.93. The summed E-state index contributed by atoms with van der Waals surface area (Å²) in [5.41, 5.74) is 4.60. The number of hydrogen-bond acceptors (Lipinski definition) is 4. The van der Waals surface area contributed by atoms with Crippen LogP contribution in [0, 0.1) is 0 Å². The number of benzene rings is 1. The van der Waals surface area contributed by atoms with Crippen LogP contribution in [0.25, 0.3) is 0 Å². The van der Waals surface area contributed by atoms with Crippen molar-refractivity contribution >= 4 is 39.4 Å². The number of carbonyl (C=O) groups is 1. The van der Waals surface area contributed by atoms with Crippen molar-refractivity contribution in [2.75, 3.05) is 6.61 Å². The van der Waals surface area contributed by atoms with Gasteiger partial charge in [-0.1, -0.05) is 19.9 Å². The molecule has 22 heavy (non-hydrogen) atoms. The van der Waals surface area contributed by atoms with E-state index in [1.165, 1.54) is 5.56 Å². The number of hydrogen-bond donors (Lipinski definition) is 1. The van der Waals surface area contributed by atoms with Gasteiger partial charge in [-0.15, -0.1) is 0 Å². The average molecular weight is 381 g/mol. The Hall–Kier alpha value is -1.66. The quantitative estimate of drug-likeness (QED) is 0.603. The highest BCUT2D eigenvalue weighted by Crippen LogP contribution is 2.28. The third-order valence-corrected chi connectivity index (χ3v) is 4.25. The summed E-state index contributed by atoms with van der Waals surface area (Å²) in [5, 5.41) is 7.77. The first kappa shape index (κ1) is 16.7. The van der Waals surface area contributed by atoms with Gasteiger partial charge in [-0.25, -0.2) is 5.43 Å². The molecule has 1 aromatic carbocycles. The largest absolute Gasteiger partial charge is 0.483 e. The Morgan fingerprint density at radius 2 is 2.27 bits per heavy atom. The summed E-state index contributed by atoms with van der Waals surface area (Å²) < 4.78 is 6.33. The molecular weight excluding hydrogens is 364 g/mol. The minimum Gasteiger partial charge on any atom is -0.483 e. The van der Waals surface area contributed by atoms with E-state index >= 15 is 0 Å². The fourth-order valence-electron chi connectivity index (χ4n) is 1.70. The van der Waals surface area contributed by atoms with E-state index in [2.05, 4.69) is 40.3 Å². The average Bonchev–Trinajstić information content (AvgIpc) is 2.99. The molecule has 2 aromatic rings. The number of rotatable bonds is 6. The first-order valence-corrected chi connectivity index (χ1v) is 8.56.